The van der Waals surface area contributed by atoms with Crippen molar-refractivity contribution in [1.29, 1.82) is 0 Å². The van der Waals surface area contributed by atoms with Crippen LogP contribution in [0.15, 0.2) is 10.5 Å². The van der Waals surface area contributed by atoms with Crippen LogP contribution in [0.1, 0.15) is 42.6 Å². The lowest BCUT2D eigenvalue weighted by atomic mass is 10.2. The third-order valence-corrected chi connectivity index (χ3v) is 4.54. The second kappa shape index (κ2) is 8.34. The maximum absolute atomic E-state index is 12.4. The predicted molar refractivity (Wildman–Crippen MR) is 77.1 cm³/mol. The van der Waals surface area contributed by atoms with Gasteiger partial charge in [-0.05, 0) is 26.8 Å². The molecule has 0 aromatic carbocycles. The molecule has 2 N–H and O–H groups in total. The summed E-state index contributed by atoms with van der Waals surface area (Å²) in [6.45, 7) is 5.96. The molecule has 0 saturated carbocycles. The van der Waals surface area contributed by atoms with E-state index in [2.05, 4.69) is 0 Å². The Labute approximate surface area is 124 Å². The average Bonchev–Trinajstić information content (AvgIpc) is 2.82. The largest absolute Gasteiger partial charge is 0.463 e. The Balaban J connectivity index is 2.98. The molecular weight excluding hydrogens is 297 g/mol. The van der Waals surface area contributed by atoms with Gasteiger partial charge in [0.05, 0.1) is 26.4 Å². The SMILES string of the molecule is CCOC(=O)c1cc(CP(=O)(OCC)OCC)oc1CN. The van der Waals surface area contributed by atoms with E-state index in [4.69, 9.17) is 23.9 Å². The van der Waals surface area contributed by atoms with Gasteiger partial charge in [0.2, 0.25) is 0 Å². The molecule has 8 heteroatoms. The molecule has 1 rings (SSSR count). The number of furan rings is 1. The smallest absolute Gasteiger partial charge is 0.341 e. The molecule has 1 aromatic heterocycles. The minimum Gasteiger partial charge on any atom is -0.463 e. The Bertz CT molecular complexity index is 503. The molecule has 0 spiro atoms. The molecule has 0 bridgehead atoms. The van der Waals surface area contributed by atoms with E-state index < -0.39 is 13.6 Å². The Morgan fingerprint density at radius 1 is 1.24 bits per heavy atom. The van der Waals surface area contributed by atoms with Crippen LogP contribution in [0.25, 0.3) is 0 Å². The van der Waals surface area contributed by atoms with Crippen LogP contribution >= 0.6 is 7.60 Å². The molecule has 0 radical (unpaired) electrons. The van der Waals surface area contributed by atoms with Crippen molar-refractivity contribution in [3.63, 3.8) is 0 Å². The van der Waals surface area contributed by atoms with Crippen LogP contribution in [0.4, 0.5) is 0 Å². The van der Waals surface area contributed by atoms with Crippen molar-refractivity contribution >= 4 is 13.6 Å². The first kappa shape index (κ1) is 17.9. The molecule has 0 aliphatic rings. The van der Waals surface area contributed by atoms with Crippen molar-refractivity contribution in [3.05, 3.63) is 23.2 Å². The van der Waals surface area contributed by atoms with Crippen molar-refractivity contribution in [2.75, 3.05) is 19.8 Å². The number of esters is 1. The van der Waals surface area contributed by atoms with E-state index >= 15 is 0 Å². The molecule has 7 nitrogen and oxygen atoms in total. The zero-order chi connectivity index (χ0) is 15.9. The number of carbonyl (C=O) groups excluding carboxylic acids is 1. The monoisotopic (exact) mass is 319 g/mol. The standard InChI is InChI=1S/C13H22NO6P/c1-4-17-13(15)11-7-10(20-12(11)8-14)9-21(16,18-5-2)19-6-3/h7H,4-6,8-9,14H2,1-3H3. The first-order valence-electron chi connectivity index (χ1n) is 6.86. The summed E-state index contributed by atoms with van der Waals surface area (Å²) < 4.78 is 33.2. The van der Waals surface area contributed by atoms with E-state index in [1.807, 2.05) is 0 Å². The Hall–Kier alpha value is -1.14. The van der Waals surface area contributed by atoms with E-state index in [0.717, 1.165) is 0 Å². The molecule has 120 valence electrons. The molecule has 0 saturated heterocycles. The predicted octanol–water partition coefficient (Wildman–Crippen LogP) is 2.68. The Kier molecular flexibility index (Phi) is 7.11. The number of hydrogen-bond acceptors (Lipinski definition) is 7. The van der Waals surface area contributed by atoms with Gasteiger partial charge in [-0.2, -0.15) is 0 Å². The van der Waals surface area contributed by atoms with Gasteiger partial charge in [-0.1, -0.05) is 0 Å². The highest BCUT2D eigenvalue weighted by atomic mass is 31.2. The van der Waals surface area contributed by atoms with E-state index in [0.29, 0.717) is 11.5 Å². The third kappa shape index (κ3) is 4.97. The minimum atomic E-state index is -3.29. The summed E-state index contributed by atoms with van der Waals surface area (Å²) in [6.07, 6.45) is -0.0545. The van der Waals surface area contributed by atoms with Crippen LogP contribution in [0.3, 0.4) is 0 Å². The van der Waals surface area contributed by atoms with Gasteiger partial charge in [0.1, 0.15) is 23.2 Å². The topological polar surface area (TPSA) is 101 Å². The van der Waals surface area contributed by atoms with Crippen LogP contribution in [-0.2, 0) is 31.1 Å². The first-order valence-corrected chi connectivity index (χ1v) is 8.59. The van der Waals surface area contributed by atoms with Crippen molar-refractivity contribution in [2.24, 2.45) is 5.73 Å². The molecule has 1 aromatic rings. The van der Waals surface area contributed by atoms with Crippen LogP contribution in [0.5, 0.6) is 0 Å². The summed E-state index contributed by atoms with van der Waals surface area (Å²) in [5, 5.41) is 0. The number of nitrogens with two attached hydrogens (primary N) is 1. The fourth-order valence-corrected chi connectivity index (χ4v) is 3.39. The van der Waals surface area contributed by atoms with Gasteiger partial charge in [-0.15, -0.1) is 0 Å². The van der Waals surface area contributed by atoms with E-state index in [9.17, 15) is 9.36 Å². The summed E-state index contributed by atoms with van der Waals surface area (Å²) in [5.41, 5.74) is 5.79. The molecule has 21 heavy (non-hydrogen) atoms. The fraction of sp³-hybridized carbons (Fsp3) is 0.615. The fourth-order valence-electron chi connectivity index (χ4n) is 1.81. The summed E-state index contributed by atoms with van der Waals surface area (Å²) in [4.78, 5) is 11.8. The summed E-state index contributed by atoms with van der Waals surface area (Å²) >= 11 is 0. The van der Waals surface area contributed by atoms with Crippen molar-refractivity contribution in [1.82, 2.24) is 0 Å². The van der Waals surface area contributed by atoms with Crippen molar-refractivity contribution < 1.29 is 27.6 Å². The summed E-state index contributed by atoms with van der Waals surface area (Å²) in [6, 6.07) is 1.48. The van der Waals surface area contributed by atoms with E-state index in [-0.39, 0.29) is 38.1 Å². The van der Waals surface area contributed by atoms with Gasteiger partial charge < -0.3 is 23.9 Å². The molecule has 1 heterocycles. The zero-order valence-corrected chi connectivity index (χ0v) is 13.5. The summed E-state index contributed by atoms with van der Waals surface area (Å²) in [5.74, 6) is 0.0994. The highest BCUT2D eigenvalue weighted by Gasteiger charge is 2.28. The van der Waals surface area contributed by atoms with Crippen LogP contribution in [0, 0.1) is 0 Å². The molecule has 0 amide bonds. The van der Waals surface area contributed by atoms with Gasteiger partial charge in [0, 0.05) is 0 Å². The second-order valence-electron chi connectivity index (χ2n) is 4.08. The highest BCUT2D eigenvalue weighted by Crippen LogP contribution is 2.51. The highest BCUT2D eigenvalue weighted by molar-refractivity contribution is 7.53. The third-order valence-electron chi connectivity index (χ3n) is 2.54. The minimum absolute atomic E-state index is 0.0434. The van der Waals surface area contributed by atoms with Gasteiger partial charge >= 0.3 is 13.6 Å². The normalized spacial score (nSPS) is 11.6. The first-order chi connectivity index (χ1) is 9.99. The van der Waals surface area contributed by atoms with Crippen molar-refractivity contribution in [2.45, 2.75) is 33.5 Å². The lowest BCUT2D eigenvalue weighted by Crippen LogP contribution is -2.08. The van der Waals surface area contributed by atoms with Gasteiger partial charge in [0.25, 0.3) is 0 Å². The molecule has 0 aliphatic heterocycles. The Morgan fingerprint density at radius 3 is 2.33 bits per heavy atom. The van der Waals surface area contributed by atoms with Crippen LogP contribution in [0.2, 0.25) is 0 Å². The van der Waals surface area contributed by atoms with Crippen LogP contribution < -0.4 is 5.73 Å². The maximum atomic E-state index is 12.4. The maximum Gasteiger partial charge on any atom is 0.341 e. The van der Waals surface area contributed by atoms with Gasteiger partial charge in [-0.3, -0.25) is 4.57 Å². The van der Waals surface area contributed by atoms with Gasteiger partial charge in [0.15, 0.2) is 0 Å². The van der Waals surface area contributed by atoms with Crippen LogP contribution in [-0.4, -0.2) is 25.8 Å². The van der Waals surface area contributed by atoms with Gasteiger partial charge in [-0.25, -0.2) is 4.79 Å². The second-order valence-corrected chi connectivity index (χ2v) is 6.13. The average molecular weight is 319 g/mol. The molecule has 0 aliphatic carbocycles. The zero-order valence-electron chi connectivity index (χ0n) is 12.6. The number of rotatable bonds is 9. The molecule has 0 atom stereocenters. The number of carbonyl (C=O) groups is 1. The van der Waals surface area contributed by atoms with Crippen molar-refractivity contribution in [3.8, 4) is 0 Å². The Morgan fingerprint density at radius 2 is 1.86 bits per heavy atom. The number of ether oxygens (including phenoxy) is 1. The molecular formula is C13H22NO6P. The lowest BCUT2D eigenvalue weighted by Gasteiger charge is -2.15. The quantitative estimate of drug-likeness (QED) is 0.551. The number of hydrogen-bond donors (Lipinski definition) is 1. The van der Waals surface area contributed by atoms with E-state index in [1.54, 1.807) is 20.8 Å². The lowest BCUT2D eigenvalue weighted by molar-refractivity contribution is 0.0523. The summed E-state index contributed by atoms with van der Waals surface area (Å²) in [7, 11) is -3.29. The van der Waals surface area contributed by atoms with E-state index in [1.165, 1.54) is 6.07 Å². The molecule has 0 unspecified atom stereocenters. The molecule has 0 fully saturated rings.